The summed E-state index contributed by atoms with van der Waals surface area (Å²) >= 11 is 0. The van der Waals surface area contributed by atoms with Crippen molar-refractivity contribution in [2.45, 2.75) is 6.18 Å². The molecule has 1 aromatic carbocycles. The van der Waals surface area contributed by atoms with Gasteiger partial charge in [-0.15, -0.1) is 0 Å². The smallest absolute Gasteiger partial charge is 0.471 e. The molecule has 20 heavy (non-hydrogen) atoms. The predicted octanol–water partition coefficient (Wildman–Crippen LogP) is 1.92. The highest BCUT2D eigenvalue weighted by Gasteiger charge is 2.39. The molecule has 10 heteroatoms. The van der Waals surface area contributed by atoms with Crippen LogP contribution in [-0.2, 0) is 4.79 Å². The normalized spacial score (nSPS) is 10.8. The third-order valence-corrected chi connectivity index (χ3v) is 2.18. The molecule has 0 spiro atoms. The number of rotatable bonds is 4. The minimum Gasteiger partial charge on any atom is -0.495 e. The average Bonchev–Trinajstić information content (AvgIpc) is 2.36. The van der Waals surface area contributed by atoms with Crippen LogP contribution in [0.15, 0.2) is 12.1 Å². The molecule has 0 atom stereocenters. The number of hydrogen-bond acceptors (Lipinski definition) is 5. The third kappa shape index (κ3) is 3.22. The number of hydrogen-bond donors (Lipinski definition) is 1. The lowest BCUT2D eigenvalue weighted by molar-refractivity contribution is -0.385. The minimum absolute atomic E-state index is 0.149. The highest BCUT2D eigenvalue weighted by atomic mass is 19.4. The second kappa shape index (κ2) is 5.55. The Morgan fingerprint density at radius 2 is 2.05 bits per heavy atom. The van der Waals surface area contributed by atoms with Gasteiger partial charge in [0.05, 0.1) is 23.3 Å². The number of alkyl halides is 3. The zero-order chi connectivity index (χ0) is 15.5. The molecule has 1 amide bonds. The van der Waals surface area contributed by atoms with E-state index in [1.165, 1.54) is 5.32 Å². The zero-order valence-corrected chi connectivity index (χ0v) is 9.85. The van der Waals surface area contributed by atoms with E-state index in [9.17, 15) is 32.9 Å². The van der Waals surface area contributed by atoms with Crippen LogP contribution in [0.3, 0.4) is 0 Å². The standard InChI is InChI=1S/C10H7F3N2O5/c1-20-8-2-5(4-16)7(15(18)19)3-6(8)14-9(17)10(11,12)13/h2-4H,1H3,(H,14,17). The number of amides is 1. The van der Waals surface area contributed by atoms with Crippen LogP contribution in [0, 0.1) is 10.1 Å². The molecule has 0 saturated heterocycles. The molecule has 0 aromatic heterocycles. The largest absolute Gasteiger partial charge is 0.495 e. The van der Waals surface area contributed by atoms with Crippen molar-refractivity contribution in [3.63, 3.8) is 0 Å². The second-order valence-electron chi connectivity index (χ2n) is 3.44. The fourth-order valence-electron chi connectivity index (χ4n) is 1.30. The fourth-order valence-corrected chi connectivity index (χ4v) is 1.30. The number of halogens is 3. The summed E-state index contributed by atoms with van der Waals surface area (Å²) in [6, 6.07) is 1.48. The Hall–Kier alpha value is -2.65. The lowest BCUT2D eigenvalue weighted by atomic mass is 10.1. The summed E-state index contributed by atoms with van der Waals surface area (Å²) < 4.78 is 41.1. The van der Waals surface area contributed by atoms with Crippen molar-refractivity contribution in [1.29, 1.82) is 0 Å². The van der Waals surface area contributed by atoms with Gasteiger partial charge in [0.25, 0.3) is 5.69 Å². The number of benzene rings is 1. The highest BCUT2D eigenvalue weighted by molar-refractivity contribution is 5.97. The molecular weight excluding hydrogens is 285 g/mol. The summed E-state index contributed by atoms with van der Waals surface area (Å²) in [4.78, 5) is 31.2. The van der Waals surface area contributed by atoms with Crippen molar-refractivity contribution in [2.75, 3.05) is 12.4 Å². The number of nitrogens with zero attached hydrogens (tertiary/aromatic N) is 1. The first-order valence-electron chi connectivity index (χ1n) is 4.90. The lowest BCUT2D eigenvalue weighted by Gasteiger charge is -2.12. The Morgan fingerprint density at radius 1 is 1.45 bits per heavy atom. The predicted molar refractivity (Wildman–Crippen MR) is 59.7 cm³/mol. The summed E-state index contributed by atoms with van der Waals surface area (Å²) in [5, 5.41) is 12.1. The molecule has 0 fully saturated rings. The third-order valence-electron chi connectivity index (χ3n) is 2.18. The van der Waals surface area contributed by atoms with E-state index in [-0.39, 0.29) is 12.0 Å². The van der Waals surface area contributed by atoms with Crippen molar-refractivity contribution in [3.8, 4) is 5.75 Å². The van der Waals surface area contributed by atoms with Gasteiger partial charge in [0, 0.05) is 6.07 Å². The van der Waals surface area contributed by atoms with Gasteiger partial charge in [-0.2, -0.15) is 13.2 Å². The van der Waals surface area contributed by atoms with Crippen molar-refractivity contribution < 1.29 is 32.4 Å². The van der Waals surface area contributed by atoms with Gasteiger partial charge >= 0.3 is 12.1 Å². The molecule has 0 saturated carbocycles. The number of carbonyl (C=O) groups is 2. The van der Waals surface area contributed by atoms with Crippen molar-refractivity contribution in [1.82, 2.24) is 0 Å². The van der Waals surface area contributed by atoms with Crippen LogP contribution in [0.25, 0.3) is 0 Å². The first-order valence-corrected chi connectivity index (χ1v) is 4.90. The first-order chi connectivity index (χ1) is 9.20. The van der Waals surface area contributed by atoms with Crippen LogP contribution in [0.1, 0.15) is 10.4 Å². The van der Waals surface area contributed by atoms with Gasteiger partial charge in [-0.25, -0.2) is 0 Å². The lowest BCUT2D eigenvalue weighted by Crippen LogP contribution is -2.30. The summed E-state index contributed by atoms with van der Waals surface area (Å²) in [5.41, 5.74) is -1.71. The van der Waals surface area contributed by atoms with E-state index >= 15 is 0 Å². The molecule has 0 aliphatic carbocycles. The van der Waals surface area contributed by atoms with Crippen LogP contribution in [0.4, 0.5) is 24.5 Å². The number of methoxy groups -OCH3 is 1. The van der Waals surface area contributed by atoms with Gasteiger partial charge in [-0.1, -0.05) is 0 Å². The maximum absolute atomic E-state index is 12.1. The maximum atomic E-state index is 12.1. The van der Waals surface area contributed by atoms with Gasteiger partial charge in [-0.05, 0) is 6.07 Å². The molecule has 0 aliphatic heterocycles. The van der Waals surface area contributed by atoms with E-state index in [1.54, 1.807) is 0 Å². The van der Waals surface area contributed by atoms with Gasteiger partial charge < -0.3 is 10.1 Å². The number of ether oxygens (including phenoxy) is 1. The molecular formula is C10H7F3N2O5. The Labute approximate surface area is 109 Å². The molecule has 0 bridgehead atoms. The molecule has 1 rings (SSSR count). The van der Waals surface area contributed by atoms with Crippen LogP contribution < -0.4 is 10.1 Å². The number of aldehydes is 1. The first kappa shape index (κ1) is 15.4. The topological polar surface area (TPSA) is 98.5 Å². The molecule has 1 N–H and O–H groups in total. The molecule has 0 radical (unpaired) electrons. The van der Waals surface area contributed by atoms with Gasteiger partial charge in [0.2, 0.25) is 0 Å². The Balaban J connectivity index is 3.31. The zero-order valence-electron chi connectivity index (χ0n) is 9.85. The number of nitro benzene ring substituents is 1. The molecule has 0 aliphatic rings. The average molecular weight is 292 g/mol. The Morgan fingerprint density at radius 3 is 2.45 bits per heavy atom. The van der Waals surface area contributed by atoms with E-state index < -0.39 is 33.9 Å². The van der Waals surface area contributed by atoms with E-state index in [2.05, 4.69) is 4.74 Å². The molecule has 0 heterocycles. The molecule has 1 aromatic rings. The van der Waals surface area contributed by atoms with Crippen molar-refractivity contribution in [3.05, 3.63) is 27.8 Å². The Kier molecular flexibility index (Phi) is 4.27. The van der Waals surface area contributed by atoms with Crippen molar-refractivity contribution in [2.24, 2.45) is 0 Å². The maximum Gasteiger partial charge on any atom is 0.471 e. The summed E-state index contributed by atoms with van der Waals surface area (Å²) in [7, 11) is 1.07. The number of nitro groups is 1. The Bertz CT molecular complexity index is 571. The van der Waals surface area contributed by atoms with Gasteiger partial charge in [0.1, 0.15) is 5.75 Å². The van der Waals surface area contributed by atoms with E-state index in [4.69, 9.17) is 0 Å². The van der Waals surface area contributed by atoms with E-state index in [1.807, 2.05) is 0 Å². The summed E-state index contributed by atoms with van der Waals surface area (Å²) in [5.74, 6) is -2.63. The minimum atomic E-state index is -5.16. The molecule has 108 valence electrons. The summed E-state index contributed by atoms with van der Waals surface area (Å²) in [6.45, 7) is 0. The SMILES string of the molecule is COc1cc(C=O)c([N+](=O)[O-])cc1NC(=O)C(F)(F)F. The molecule has 0 unspecified atom stereocenters. The monoisotopic (exact) mass is 292 g/mol. The van der Waals surface area contributed by atoms with Gasteiger partial charge in [0.15, 0.2) is 6.29 Å². The van der Waals surface area contributed by atoms with E-state index in [0.717, 1.165) is 13.2 Å². The fraction of sp³-hybridized carbons (Fsp3) is 0.200. The summed E-state index contributed by atoms with van der Waals surface area (Å²) in [6.07, 6.45) is -5.01. The van der Waals surface area contributed by atoms with Crippen LogP contribution >= 0.6 is 0 Å². The molecule has 7 nitrogen and oxygen atoms in total. The number of nitrogens with one attached hydrogen (secondary N) is 1. The quantitative estimate of drug-likeness (QED) is 0.519. The van der Waals surface area contributed by atoms with Crippen LogP contribution in [0.2, 0.25) is 0 Å². The number of anilines is 1. The van der Waals surface area contributed by atoms with Gasteiger partial charge in [-0.3, -0.25) is 19.7 Å². The number of carbonyl (C=O) groups excluding carboxylic acids is 2. The second-order valence-corrected chi connectivity index (χ2v) is 3.44. The van der Waals surface area contributed by atoms with E-state index in [0.29, 0.717) is 6.07 Å². The van der Waals surface area contributed by atoms with Crippen LogP contribution in [0.5, 0.6) is 5.75 Å². The van der Waals surface area contributed by atoms with Crippen molar-refractivity contribution >= 4 is 23.6 Å². The highest BCUT2D eigenvalue weighted by Crippen LogP contribution is 2.33. The van der Waals surface area contributed by atoms with Crippen LogP contribution in [-0.4, -0.2) is 30.4 Å².